The first-order valence-corrected chi connectivity index (χ1v) is 9.18. The number of ether oxygens (including phenoxy) is 1. The summed E-state index contributed by atoms with van der Waals surface area (Å²) < 4.78 is 7.25. The van der Waals surface area contributed by atoms with Gasteiger partial charge in [0.25, 0.3) is 0 Å². The van der Waals surface area contributed by atoms with Crippen molar-refractivity contribution in [1.82, 2.24) is 20.0 Å². The van der Waals surface area contributed by atoms with Crippen LogP contribution in [0.5, 0.6) is 0 Å². The summed E-state index contributed by atoms with van der Waals surface area (Å²) in [5.74, 6) is 1.42. The van der Waals surface area contributed by atoms with Crippen LogP contribution < -0.4 is 10.6 Å². The molecule has 0 aromatic carbocycles. The second kappa shape index (κ2) is 7.11. The van der Waals surface area contributed by atoms with Gasteiger partial charge in [0.15, 0.2) is 0 Å². The second-order valence-corrected chi connectivity index (χ2v) is 7.25. The monoisotopic (exact) mass is 333 g/mol. The number of anilines is 1. The van der Waals surface area contributed by atoms with E-state index in [2.05, 4.69) is 20.6 Å². The summed E-state index contributed by atoms with van der Waals surface area (Å²) >= 11 is 0. The number of morpholine rings is 1. The average molecular weight is 333 g/mol. The molecule has 0 radical (unpaired) electrons. The molecule has 7 heteroatoms. The molecule has 24 heavy (non-hydrogen) atoms. The van der Waals surface area contributed by atoms with Gasteiger partial charge in [-0.25, -0.2) is 4.79 Å². The lowest BCUT2D eigenvalue weighted by molar-refractivity contribution is 0.0360. The van der Waals surface area contributed by atoms with E-state index in [9.17, 15) is 4.79 Å². The molecule has 2 aliphatic carbocycles. The summed E-state index contributed by atoms with van der Waals surface area (Å²) in [6.07, 6.45) is 8.69. The number of urea groups is 1. The van der Waals surface area contributed by atoms with Crippen LogP contribution in [0.15, 0.2) is 12.4 Å². The van der Waals surface area contributed by atoms with Crippen LogP contribution in [0, 0.1) is 11.8 Å². The van der Waals surface area contributed by atoms with E-state index >= 15 is 0 Å². The number of aromatic nitrogens is 2. The van der Waals surface area contributed by atoms with Crippen molar-refractivity contribution >= 4 is 11.7 Å². The predicted molar refractivity (Wildman–Crippen MR) is 90.9 cm³/mol. The maximum atomic E-state index is 12.2. The number of rotatable bonds is 7. The molecule has 0 spiro atoms. The molecule has 2 heterocycles. The van der Waals surface area contributed by atoms with E-state index in [0.29, 0.717) is 17.9 Å². The number of hydrogen-bond donors (Lipinski definition) is 2. The first kappa shape index (κ1) is 15.9. The maximum absolute atomic E-state index is 12.2. The van der Waals surface area contributed by atoms with E-state index in [0.717, 1.165) is 45.1 Å². The first-order valence-electron chi connectivity index (χ1n) is 9.18. The number of carbonyl (C=O) groups is 1. The lowest BCUT2D eigenvalue weighted by Gasteiger charge is -2.26. The van der Waals surface area contributed by atoms with Gasteiger partial charge in [-0.2, -0.15) is 5.10 Å². The van der Waals surface area contributed by atoms with Crippen LogP contribution in [0.2, 0.25) is 0 Å². The van der Waals surface area contributed by atoms with Crippen molar-refractivity contribution in [2.75, 3.05) is 38.2 Å². The molecule has 0 atom stereocenters. The summed E-state index contributed by atoms with van der Waals surface area (Å²) in [6.45, 7) is 5.39. The fourth-order valence-electron chi connectivity index (χ4n) is 3.47. The minimum absolute atomic E-state index is 0.0912. The zero-order chi connectivity index (χ0) is 16.4. The number of nitrogens with zero attached hydrogens (tertiary/aromatic N) is 3. The van der Waals surface area contributed by atoms with Gasteiger partial charge < -0.3 is 15.4 Å². The van der Waals surface area contributed by atoms with Gasteiger partial charge in [-0.05, 0) is 37.5 Å². The summed E-state index contributed by atoms with van der Waals surface area (Å²) in [5, 5.41) is 10.4. The Balaban J connectivity index is 1.23. The van der Waals surface area contributed by atoms with E-state index in [4.69, 9.17) is 4.74 Å². The molecule has 3 fully saturated rings. The minimum Gasteiger partial charge on any atom is -0.379 e. The van der Waals surface area contributed by atoms with Crippen molar-refractivity contribution in [1.29, 1.82) is 0 Å². The third-order valence-corrected chi connectivity index (χ3v) is 5.20. The van der Waals surface area contributed by atoms with Gasteiger partial charge >= 0.3 is 6.03 Å². The molecule has 2 saturated carbocycles. The molecule has 1 aromatic rings. The Kier molecular flexibility index (Phi) is 4.71. The van der Waals surface area contributed by atoms with Crippen molar-refractivity contribution in [3.8, 4) is 0 Å². The Labute approximate surface area is 142 Å². The molecule has 3 aliphatic rings. The molecule has 1 aliphatic heterocycles. The highest BCUT2D eigenvalue weighted by atomic mass is 16.5. The van der Waals surface area contributed by atoms with Crippen molar-refractivity contribution in [2.24, 2.45) is 11.8 Å². The zero-order valence-electron chi connectivity index (χ0n) is 14.1. The Morgan fingerprint density at radius 1 is 1.21 bits per heavy atom. The summed E-state index contributed by atoms with van der Waals surface area (Å²) in [4.78, 5) is 14.6. The minimum atomic E-state index is -0.0912. The fourth-order valence-corrected chi connectivity index (χ4v) is 3.47. The lowest BCUT2D eigenvalue weighted by atomic mass is 10.1. The molecule has 7 nitrogen and oxygen atoms in total. The Morgan fingerprint density at radius 2 is 1.92 bits per heavy atom. The number of hydrogen-bond acceptors (Lipinski definition) is 4. The van der Waals surface area contributed by atoms with Crippen molar-refractivity contribution in [2.45, 2.75) is 38.3 Å². The van der Waals surface area contributed by atoms with Crippen LogP contribution in [0.3, 0.4) is 0 Å². The Bertz CT molecular complexity index is 549. The highest BCUT2D eigenvalue weighted by molar-refractivity contribution is 5.89. The molecule has 0 unspecified atom stereocenters. The number of amides is 2. The molecular formula is C17H27N5O2. The van der Waals surface area contributed by atoms with Gasteiger partial charge in [0.1, 0.15) is 0 Å². The highest BCUT2D eigenvalue weighted by Gasteiger charge is 2.42. The van der Waals surface area contributed by atoms with E-state index in [1.807, 2.05) is 10.9 Å². The van der Waals surface area contributed by atoms with Crippen LogP contribution in [0.1, 0.15) is 25.7 Å². The van der Waals surface area contributed by atoms with Crippen molar-refractivity contribution < 1.29 is 9.53 Å². The standard InChI is InChI=1S/C17H27N5O2/c23-17(20-16(13-1-2-13)14-3-4-14)19-15-11-18-22(12-15)6-5-21-7-9-24-10-8-21/h11-14,16H,1-10H2,(H2,19,20,23). The van der Waals surface area contributed by atoms with E-state index in [-0.39, 0.29) is 6.03 Å². The van der Waals surface area contributed by atoms with E-state index in [1.165, 1.54) is 25.7 Å². The smallest absolute Gasteiger partial charge is 0.319 e. The molecule has 2 N–H and O–H groups in total. The molecule has 132 valence electrons. The van der Waals surface area contributed by atoms with Crippen LogP contribution >= 0.6 is 0 Å². The lowest BCUT2D eigenvalue weighted by Crippen LogP contribution is -2.40. The fraction of sp³-hybridized carbons (Fsp3) is 0.765. The molecular weight excluding hydrogens is 306 g/mol. The van der Waals surface area contributed by atoms with Gasteiger partial charge in [-0.3, -0.25) is 9.58 Å². The SMILES string of the molecule is O=C(Nc1cnn(CCN2CCOCC2)c1)NC(C1CC1)C1CC1. The van der Waals surface area contributed by atoms with Crippen LogP contribution in [-0.2, 0) is 11.3 Å². The van der Waals surface area contributed by atoms with Crippen molar-refractivity contribution in [3.63, 3.8) is 0 Å². The zero-order valence-corrected chi connectivity index (χ0v) is 14.1. The van der Waals surface area contributed by atoms with Crippen LogP contribution in [0.4, 0.5) is 10.5 Å². The van der Waals surface area contributed by atoms with Crippen LogP contribution in [0.25, 0.3) is 0 Å². The van der Waals surface area contributed by atoms with E-state index < -0.39 is 0 Å². The molecule has 1 saturated heterocycles. The summed E-state index contributed by atoms with van der Waals surface area (Å²) in [6, 6.07) is 0.285. The summed E-state index contributed by atoms with van der Waals surface area (Å²) in [7, 11) is 0. The Morgan fingerprint density at radius 3 is 2.58 bits per heavy atom. The van der Waals surface area contributed by atoms with Crippen molar-refractivity contribution in [3.05, 3.63) is 12.4 Å². The molecule has 4 rings (SSSR count). The number of nitrogens with one attached hydrogen (secondary N) is 2. The van der Waals surface area contributed by atoms with Crippen LogP contribution in [-0.4, -0.2) is 59.6 Å². The van der Waals surface area contributed by atoms with Gasteiger partial charge in [0.05, 0.1) is 31.6 Å². The van der Waals surface area contributed by atoms with Gasteiger partial charge in [0.2, 0.25) is 0 Å². The Hall–Kier alpha value is -1.60. The molecule has 0 bridgehead atoms. The quantitative estimate of drug-likeness (QED) is 0.794. The molecule has 2 amide bonds. The highest BCUT2D eigenvalue weighted by Crippen LogP contribution is 2.44. The third-order valence-electron chi connectivity index (χ3n) is 5.20. The van der Waals surface area contributed by atoms with Gasteiger partial charge in [-0.1, -0.05) is 0 Å². The van der Waals surface area contributed by atoms with Gasteiger partial charge in [-0.15, -0.1) is 0 Å². The largest absolute Gasteiger partial charge is 0.379 e. The predicted octanol–water partition coefficient (Wildman–Crippen LogP) is 1.53. The normalized spacial score (nSPS) is 21.9. The van der Waals surface area contributed by atoms with E-state index in [1.54, 1.807) is 6.20 Å². The number of carbonyl (C=O) groups excluding carboxylic acids is 1. The third kappa shape index (κ3) is 4.27. The maximum Gasteiger partial charge on any atom is 0.319 e. The first-order chi connectivity index (χ1) is 11.8. The second-order valence-electron chi connectivity index (χ2n) is 7.25. The topological polar surface area (TPSA) is 71.4 Å². The molecule has 1 aromatic heterocycles. The average Bonchev–Trinajstić information content (AvgIpc) is 3.51. The summed E-state index contributed by atoms with van der Waals surface area (Å²) in [5.41, 5.74) is 0.764. The van der Waals surface area contributed by atoms with Gasteiger partial charge in [0, 0.05) is 31.9 Å².